The van der Waals surface area contributed by atoms with Crippen LogP contribution >= 0.6 is 0 Å². The monoisotopic (exact) mass is 450 g/mol. The molecule has 4 rings (SSSR count). The average Bonchev–Trinajstić information content (AvgIpc) is 2.83. The Morgan fingerprint density at radius 3 is 1.91 bits per heavy atom. The van der Waals surface area contributed by atoms with E-state index in [2.05, 4.69) is 20.0 Å². The lowest BCUT2D eigenvalue weighted by Gasteiger charge is -2.36. The molecule has 0 spiro atoms. The Morgan fingerprint density at radius 2 is 1.38 bits per heavy atom. The van der Waals surface area contributed by atoms with E-state index in [1.54, 1.807) is 0 Å². The quantitative estimate of drug-likeness (QED) is 0.681. The molecule has 0 aliphatic carbocycles. The van der Waals surface area contributed by atoms with Crippen molar-refractivity contribution in [2.75, 3.05) is 75.3 Å². The number of carbonyl (C=O) groups excluding carboxylic acids is 1. The van der Waals surface area contributed by atoms with Crippen molar-refractivity contribution in [1.82, 2.24) is 20.0 Å². The minimum atomic E-state index is -1.64. The summed E-state index contributed by atoms with van der Waals surface area (Å²) in [5, 5.41) is 17.7. The number of anilines is 2. The molecule has 0 atom stereocenters. The van der Waals surface area contributed by atoms with Crippen LogP contribution in [0.15, 0.2) is 24.3 Å². The predicted octanol–water partition coefficient (Wildman–Crippen LogP) is 0.971. The molecule has 0 saturated carbocycles. The molecular formula is C21H25F3N6O2. The van der Waals surface area contributed by atoms with Gasteiger partial charge in [-0.25, -0.2) is 13.2 Å². The number of amides is 1. The molecule has 1 aromatic heterocycles. The van der Waals surface area contributed by atoms with Gasteiger partial charge >= 0.3 is 0 Å². The third-order valence-corrected chi connectivity index (χ3v) is 5.91. The number of aliphatic hydroxyl groups excluding tert-OH is 1. The number of nitrogens with zero attached hydrogens (tertiary/aromatic N) is 6. The van der Waals surface area contributed by atoms with Gasteiger partial charge in [-0.1, -0.05) is 0 Å². The van der Waals surface area contributed by atoms with Crippen molar-refractivity contribution in [3.63, 3.8) is 0 Å². The lowest BCUT2D eigenvalue weighted by atomic mass is 10.1. The molecule has 2 saturated heterocycles. The number of hydrogen-bond acceptors (Lipinski definition) is 7. The summed E-state index contributed by atoms with van der Waals surface area (Å²) in [5.74, 6) is -3.62. The van der Waals surface area contributed by atoms with Crippen molar-refractivity contribution < 1.29 is 23.1 Å². The van der Waals surface area contributed by atoms with E-state index in [4.69, 9.17) is 5.11 Å². The van der Waals surface area contributed by atoms with Crippen LogP contribution in [-0.2, 0) is 0 Å². The van der Waals surface area contributed by atoms with Gasteiger partial charge in [-0.2, -0.15) is 0 Å². The summed E-state index contributed by atoms with van der Waals surface area (Å²) in [6.07, 6.45) is 0. The van der Waals surface area contributed by atoms with E-state index in [1.165, 1.54) is 4.90 Å². The number of β-amino-alcohol motifs (C(OH)–C–C–N with tert-alkyl or cyclic N) is 1. The molecular weight excluding hydrogens is 425 g/mol. The van der Waals surface area contributed by atoms with Crippen molar-refractivity contribution in [3.05, 3.63) is 47.3 Å². The van der Waals surface area contributed by atoms with Crippen molar-refractivity contribution in [1.29, 1.82) is 0 Å². The van der Waals surface area contributed by atoms with Crippen LogP contribution in [-0.4, -0.2) is 96.5 Å². The fraction of sp³-hybridized carbons (Fsp3) is 0.476. The molecule has 1 N–H and O–H groups in total. The highest BCUT2D eigenvalue weighted by molar-refractivity contribution is 5.94. The van der Waals surface area contributed by atoms with Crippen molar-refractivity contribution in [2.24, 2.45) is 0 Å². The van der Waals surface area contributed by atoms with E-state index in [0.29, 0.717) is 38.5 Å². The molecule has 1 amide bonds. The Morgan fingerprint density at radius 1 is 0.812 bits per heavy atom. The van der Waals surface area contributed by atoms with Gasteiger partial charge in [0.25, 0.3) is 5.91 Å². The number of carbonyl (C=O) groups is 1. The van der Waals surface area contributed by atoms with E-state index < -0.39 is 28.9 Å². The highest BCUT2D eigenvalue weighted by atomic mass is 19.2. The first-order valence-electron chi connectivity index (χ1n) is 10.6. The van der Waals surface area contributed by atoms with Crippen molar-refractivity contribution >= 4 is 17.5 Å². The third kappa shape index (κ3) is 4.63. The number of aliphatic hydroxyl groups is 1. The summed E-state index contributed by atoms with van der Waals surface area (Å²) in [6.45, 7) is 5.71. The summed E-state index contributed by atoms with van der Waals surface area (Å²) in [5.41, 5.74) is -0.472. The molecule has 0 unspecified atom stereocenters. The normalized spacial score (nSPS) is 17.7. The molecule has 32 heavy (non-hydrogen) atoms. The second kappa shape index (κ2) is 9.70. The van der Waals surface area contributed by atoms with Gasteiger partial charge in [0.1, 0.15) is 0 Å². The first-order chi connectivity index (χ1) is 15.5. The Labute approximate surface area is 183 Å². The summed E-state index contributed by atoms with van der Waals surface area (Å²) in [7, 11) is 0. The van der Waals surface area contributed by atoms with E-state index in [-0.39, 0.29) is 6.61 Å². The van der Waals surface area contributed by atoms with Crippen LogP contribution in [0, 0.1) is 17.5 Å². The van der Waals surface area contributed by atoms with E-state index in [9.17, 15) is 18.0 Å². The van der Waals surface area contributed by atoms with Gasteiger partial charge < -0.3 is 19.8 Å². The van der Waals surface area contributed by atoms with Gasteiger partial charge in [0.05, 0.1) is 12.2 Å². The van der Waals surface area contributed by atoms with Gasteiger partial charge in [-0.05, 0) is 24.3 Å². The van der Waals surface area contributed by atoms with Gasteiger partial charge in [0.15, 0.2) is 29.1 Å². The van der Waals surface area contributed by atoms with Crippen LogP contribution in [0.1, 0.15) is 10.4 Å². The molecule has 2 aromatic rings. The van der Waals surface area contributed by atoms with Crippen LogP contribution < -0.4 is 9.80 Å². The topological polar surface area (TPSA) is 76.0 Å². The second-order valence-electron chi connectivity index (χ2n) is 7.80. The number of rotatable bonds is 5. The second-order valence-corrected chi connectivity index (χ2v) is 7.80. The largest absolute Gasteiger partial charge is 0.395 e. The molecule has 2 aliphatic rings. The molecule has 2 fully saturated rings. The molecule has 1 aromatic carbocycles. The van der Waals surface area contributed by atoms with Crippen LogP contribution in [0.3, 0.4) is 0 Å². The fourth-order valence-corrected chi connectivity index (χ4v) is 4.00. The smallest absolute Gasteiger partial charge is 0.257 e. The lowest BCUT2D eigenvalue weighted by Crippen LogP contribution is -2.49. The number of piperazine rings is 2. The lowest BCUT2D eigenvalue weighted by molar-refractivity contribution is 0.0740. The van der Waals surface area contributed by atoms with E-state index in [0.717, 1.165) is 44.1 Å². The number of aromatic nitrogens is 2. The molecule has 2 aliphatic heterocycles. The summed E-state index contributed by atoms with van der Waals surface area (Å²) < 4.78 is 40.5. The number of benzene rings is 1. The highest BCUT2D eigenvalue weighted by Gasteiger charge is 2.27. The number of hydrogen-bond donors (Lipinski definition) is 1. The van der Waals surface area contributed by atoms with Crippen molar-refractivity contribution in [3.8, 4) is 0 Å². The average molecular weight is 450 g/mol. The zero-order valence-electron chi connectivity index (χ0n) is 17.6. The van der Waals surface area contributed by atoms with Crippen LogP contribution in [0.25, 0.3) is 0 Å². The van der Waals surface area contributed by atoms with E-state index in [1.807, 2.05) is 17.0 Å². The molecule has 3 heterocycles. The fourth-order valence-electron chi connectivity index (χ4n) is 4.00. The summed E-state index contributed by atoms with van der Waals surface area (Å²) >= 11 is 0. The Kier molecular flexibility index (Phi) is 6.75. The summed E-state index contributed by atoms with van der Waals surface area (Å²) in [6, 6.07) is 5.52. The SMILES string of the molecule is O=C(c1ccc(F)c(F)c1F)N1CCN(c2ccc(N3CCN(CCO)CC3)nn2)CC1. The Balaban J connectivity index is 1.33. The standard InChI is InChI=1S/C21H25F3N6O2/c22-16-2-1-15(19(23)20(16)24)21(32)30-11-9-29(10-12-30)18-4-3-17(25-26-18)28-7-5-27(6-8-28)13-14-31/h1-4,31H,5-14H2. The van der Waals surface area contributed by atoms with Crippen LogP contribution in [0.2, 0.25) is 0 Å². The zero-order chi connectivity index (χ0) is 22.7. The maximum Gasteiger partial charge on any atom is 0.257 e. The predicted molar refractivity (Wildman–Crippen MR) is 112 cm³/mol. The molecule has 11 heteroatoms. The van der Waals surface area contributed by atoms with Crippen molar-refractivity contribution in [2.45, 2.75) is 0 Å². The summed E-state index contributed by atoms with van der Waals surface area (Å²) in [4.78, 5) is 20.3. The zero-order valence-corrected chi connectivity index (χ0v) is 17.6. The van der Waals surface area contributed by atoms with E-state index >= 15 is 0 Å². The molecule has 0 bridgehead atoms. The molecule has 172 valence electrons. The maximum absolute atomic E-state index is 14.0. The number of halogens is 3. The molecule has 0 radical (unpaired) electrons. The van der Waals surface area contributed by atoms with Gasteiger partial charge in [-0.15, -0.1) is 10.2 Å². The minimum Gasteiger partial charge on any atom is -0.395 e. The Hall–Kier alpha value is -2.92. The first kappa shape index (κ1) is 22.3. The highest BCUT2D eigenvalue weighted by Crippen LogP contribution is 2.20. The van der Waals surface area contributed by atoms with Gasteiger partial charge in [0, 0.05) is 58.9 Å². The third-order valence-electron chi connectivity index (χ3n) is 5.91. The maximum atomic E-state index is 14.0. The van der Waals surface area contributed by atoms with Gasteiger partial charge in [-0.3, -0.25) is 9.69 Å². The van der Waals surface area contributed by atoms with Crippen LogP contribution in [0.4, 0.5) is 24.8 Å². The molecule has 8 nitrogen and oxygen atoms in total. The minimum absolute atomic E-state index is 0.156. The van der Waals surface area contributed by atoms with Gasteiger partial charge in [0.2, 0.25) is 0 Å². The Bertz CT molecular complexity index is 945. The first-order valence-corrected chi connectivity index (χ1v) is 10.6. The van der Waals surface area contributed by atoms with Crippen LogP contribution in [0.5, 0.6) is 0 Å².